The number of carbonyl (C=O) groups excluding carboxylic acids is 1. The van der Waals surface area contributed by atoms with E-state index in [-0.39, 0.29) is 17.3 Å². The highest BCUT2D eigenvalue weighted by atomic mass is 35.5. The predicted molar refractivity (Wildman–Crippen MR) is 101 cm³/mol. The maximum absolute atomic E-state index is 13.4. The van der Waals surface area contributed by atoms with Crippen molar-refractivity contribution in [2.24, 2.45) is 0 Å². The molecule has 0 bridgehead atoms. The summed E-state index contributed by atoms with van der Waals surface area (Å²) in [5.74, 6) is -2.31. The largest absolute Gasteiger partial charge is 0.324 e. The van der Waals surface area contributed by atoms with Crippen molar-refractivity contribution in [3.63, 3.8) is 0 Å². The van der Waals surface area contributed by atoms with Gasteiger partial charge in [-0.05, 0) is 49.7 Å². The second kappa shape index (κ2) is 7.67. The van der Waals surface area contributed by atoms with Crippen LogP contribution in [-0.2, 0) is 0 Å². The summed E-state index contributed by atoms with van der Waals surface area (Å²) in [7, 11) is 0. The van der Waals surface area contributed by atoms with E-state index in [9.17, 15) is 13.6 Å². The minimum absolute atomic E-state index is 0.0916. The van der Waals surface area contributed by atoms with Crippen molar-refractivity contribution >= 4 is 34.8 Å². The summed E-state index contributed by atoms with van der Waals surface area (Å²) in [5.41, 5.74) is 2.21. The standard InChI is InChI=1S/C19H15ClF2N4O/c1-10-8-17(18(27)25-16-5-3-4-13(20)11(16)2)26-19(23-10)24-12-6-7-14(21)15(22)9-12/h3-9H,1-2H3,(H,25,27)(H,23,24,26). The Balaban J connectivity index is 1.85. The van der Waals surface area contributed by atoms with E-state index in [2.05, 4.69) is 20.6 Å². The van der Waals surface area contributed by atoms with Gasteiger partial charge in [0.05, 0.1) is 0 Å². The number of hydrogen-bond acceptors (Lipinski definition) is 4. The Bertz CT molecular complexity index is 1030. The summed E-state index contributed by atoms with van der Waals surface area (Å²) in [6.07, 6.45) is 0. The van der Waals surface area contributed by atoms with Gasteiger partial charge in [-0.25, -0.2) is 18.7 Å². The molecule has 27 heavy (non-hydrogen) atoms. The van der Waals surface area contributed by atoms with E-state index in [4.69, 9.17) is 11.6 Å². The smallest absolute Gasteiger partial charge is 0.274 e. The van der Waals surface area contributed by atoms with Crippen LogP contribution in [0.25, 0.3) is 0 Å². The highest BCUT2D eigenvalue weighted by Gasteiger charge is 2.13. The monoisotopic (exact) mass is 388 g/mol. The van der Waals surface area contributed by atoms with Gasteiger partial charge in [-0.3, -0.25) is 4.79 Å². The van der Waals surface area contributed by atoms with E-state index in [0.29, 0.717) is 16.4 Å². The predicted octanol–water partition coefficient (Wildman–Crippen LogP) is 5.02. The molecule has 0 saturated heterocycles. The van der Waals surface area contributed by atoms with Gasteiger partial charge in [-0.1, -0.05) is 17.7 Å². The van der Waals surface area contributed by atoms with Crippen LogP contribution in [0.2, 0.25) is 5.02 Å². The van der Waals surface area contributed by atoms with E-state index in [1.54, 1.807) is 32.0 Å². The van der Waals surface area contributed by atoms with Crippen molar-refractivity contribution in [2.45, 2.75) is 13.8 Å². The second-order valence-corrected chi connectivity index (χ2v) is 6.25. The minimum atomic E-state index is -0.998. The number of carbonyl (C=O) groups is 1. The van der Waals surface area contributed by atoms with Gasteiger partial charge in [0, 0.05) is 28.2 Å². The van der Waals surface area contributed by atoms with Crippen molar-refractivity contribution in [1.82, 2.24) is 9.97 Å². The lowest BCUT2D eigenvalue weighted by Gasteiger charge is -2.11. The third-order valence-corrected chi connectivity index (χ3v) is 4.19. The molecule has 0 spiro atoms. The molecule has 2 N–H and O–H groups in total. The highest BCUT2D eigenvalue weighted by Crippen LogP contribution is 2.23. The summed E-state index contributed by atoms with van der Waals surface area (Å²) < 4.78 is 26.4. The molecule has 3 aromatic rings. The maximum Gasteiger partial charge on any atom is 0.274 e. The Morgan fingerprint density at radius 1 is 1.04 bits per heavy atom. The fourth-order valence-corrected chi connectivity index (χ4v) is 2.55. The van der Waals surface area contributed by atoms with Crippen LogP contribution in [-0.4, -0.2) is 15.9 Å². The molecule has 0 aliphatic carbocycles. The molecule has 1 aromatic heterocycles. The van der Waals surface area contributed by atoms with Crippen LogP contribution in [0.15, 0.2) is 42.5 Å². The van der Waals surface area contributed by atoms with Crippen LogP contribution >= 0.6 is 11.6 Å². The Hall–Kier alpha value is -3.06. The van der Waals surface area contributed by atoms with Crippen LogP contribution in [0.1, 0.15) is 21.7 Å². The molecule has 138 valence electrons. The van der Waals surface area contributed by atoms with Gasteiger partial charge in [0.1, 0.15) is 5.69 Å². The minimum Gasteiger partial charge on any atom is -0.324 e. The summed E-state index contributed by atoms with van der Waals surface area (Å²) in [6, 6.07) is 10.0. The van der Waals surface area contributed by atoms with E-state index >= 15 is 0 Å². The average Bonchev–Trinajstić information content (AvgIpc) is 2.61. The first-order chi connectivity index (χ1) is 12.8. The Kier molecular flexibility index (Phi) is 5.32. The molecule has 0 atom stereocenters. The Morgan fingerprint density at radius 2 is 1.81 bits per heavy atom. The van der Waals surface area contributed by atoms with E-state index in [0.717, 1.165) is 17.7 Å². The summed E-state index contributed by atoms with van der Waals surface area (Å²) >= 11 is 6.06. The average molecular weight is 389 g/mol. The number of rotatable bonds is 4. The van der Waals surface area contributed by atoms with Gasteiger partial charge in [-0.2, -0.15) is 0 Å². The van der Waals surface area contributed by atoms with Crippen LogP contribution in [0.5, 0.6) is 0 Å². The summed E-state index contributed by atoms with van der Waals surface area (Å²) in [4.78, 5) is 20.9. The van der Waals surface area contributed by atoms with Gasteiger partial charge in [0.15, 0.2) is 11.6 Å². The van der Waals surface area contributed by atoms with Crippen molar-refractivity contribution in [3.05, 3.63) is 76.1 Å². The molecular weight excluding hydrogens is 374 g/mol. The lowest BCUT2D eigenvalue weighted by molar-refractivity contribution is 0.102. The van der Waals surface area contributed by atoms with Crippen molar-refractivity contribution in [3.8, 4) is 0 Å². The molecule has 0 aliphatic rings. The topological polar surface area (TPSA) is 66.9 Å². The molecule has 0 fully saturated rings. The molecule has 0 unspecified atom stereocenters. The number of aromatic nitrogens is 2. The van der Waals surface area contributed by atoms with Crippen molar-refractivity contribution < 1.29 is 13.6 Å². The number of nitrogens with zero attached hydrogens (tertiary/aromatic N) is 2. The first kappa shape index (κ1) is 18.7. The van der Waals surface area contributed by atoms with E-state index in [1.165, 1.54) is 12.1 Å². The number of hydrogen-bond donors (Lipinski definition) is 2. The maximum atomic E-state index is 13.4. The third kappa shape index (κ3) is 4.38. The molecule has 1 heterocycles. The fraction of sp³-hybridized carbons (Fsp3) is 0.105. The molecule has 0 saturated carbocycles. The van der Waals surface area contributed by atoms with Crippen molar-refractivity contribution in [2.75, 3.05) is 10.6 Å². The first-order valence-electron chi connectivity index (χ1n) is 7.97. The number of amides is 1. The van der Waals surface area contributed by atoms with Crippen molar-refractivity contribution in [1.29, 1.82) is 0 Å². The fourth-order valence-electron chi connectivity index (χ4n) is 2.37. The molecule has 5 nitrogen and oxygen atoms in total. The summed E-state index contributed by atoms with van der Waals surface area (Å²) in [5, 5.41) is 6.05. The van der Waals surface area contributed by atoms with Gasteiger partial charge in [0.25, 0.3) is 5.91 Å². The number of anilines is 3. The lowest BCUT2D eigenvalue weighted by atomic mass is 10.2. The molecule has 1 amide bonds. The zero-order valence-electron chi connectivity index (χ0n) is 14.5. The molecule has 3 rings (SSSR count). The van der Waals surface area contributed by atoms with Crippen LogP contribution < -0.4 is 10.6 Å². The highest BCUT2D eigenvalue weighted by molar-refractivity contribution is 6.31. The van der Waals surface area contributed by atoms with Crippen LogP contribution in [0, 0.1) is 25.5 Å². The SMILES string of the molecule is Cc1cc(C(=O)Nc2cccc(Cl)c2C)nc(Nc2ccc(F)c(F)c2)n1. The summed E-state index contributed by atoms with van der Waals surface area (Å²) in [6.45, 7) is 3.48. The molecular formula is C19H15ClF2N4O. The van der Waals surface area contributed by atoms with E-state index < -0.39 is 17.5 Å². The van der Waals surface area contributed by atoms with Gasteiger partial charge in [0.2, 0.25) is 5.95 Å². The molecule has 0 radical (unpaired) electrons. The zero-order chi connectivity index (χ0) is 19.6. The van der Waals surface area contributed by atoms with Crippen LogP contribution in [0.4, 0.5) is 26.1 Å². The first-order valence-corrected chi connectivity index (χ1v) is 8.35. The second-order valence-electron chi connectivity index (χ2n) is 5.84. The van der Waals surface area contributed by atoms with Crippen LogP contribution in [0.3, 0.4) is 0 Å². The van der Waals surface area contributed by atoms with E-state index in [1.807, 2.05) is 0 Å². The number of benzene rings is 2. The molecule has 0 aliphatic heterocycles. The number of halogens is 3. The van der Waals surface area contributed by atoms with Gasteiger partial charge < -0.3 is 10.6 Å². The Labute approximate surface area is 159 Å². The molecule has 8 heteroatoms. The third-order valence-electron chi connectivity index (χ3n) is 3.78. The lowest BCUT2D eigenvalue weighted by Crippen LogP contribution is -2.16. The zero-order valence-corrected chi connectivity index (χ0v) is 15.2. The van der Waals surface area contributed by atoms with Gasteiger partial charge >= 0.3 is 0 Å². The Morgan fingerprint density at radius 3 is 2.56 bits per heavy atom. The normalized spacial score (nSPS) is 10.6. The molecule has 2 aromatic carbocycles. The quantitative estimate of drug-likeness (QED) is 0.658. The number of nitrogens with one attached hydrogen (secondary N) is 2. The van der Waals surface area contributed by atoms with Gasteiger partial charge in [-0.15, -0.1) is 0 Å². The number of aryl methyl sites for hydroxylation is 1.